The van der Waals surface area contributed by atoms with Crippen molar-refractivity contribution in [3.63, 3.8) is 0 Å². The van der Waals surface area contributed by atoms with Crippen LogP contribution >= 0.6 is 11.6 Å². The molecule has 0 aliphatic carbocycles. The normalized spacial score (nSPS) is 13.4. The standard InChI is InChI=1S/C9H7ClF3N5O2/c10-8-15-1-4-2-16-18(6(4)17-8)3-5(14)20-7(19)9(11,12)13/h1-2,5H,3,14H2. The van der Waals surface area contributed by atoms with Crippen LogP contribution in [0.5, 0.6) is 0 Å². The first-order chi connectivity index (χ1) is 9.27. The average molecular weight is 310 g/mol. The third kappa shape index (κ3) is 3.14. The molecule has 2 aromatic heterocycles. The van der Waals surface area contributed by atoms with Gasteiger partial charge in [0, 0.05) is 6.20 Å². The molecule has 108 valence electrons. The molecule has 2 N–H and O–H groups in total. The summed E-state index contributed by atoms with van der Waals surface area (Å²) in [6.45, 7) is -0.307. The van der Waals surface area contributed by atoms with E-state index in [0.717, 1.165) is 4.68 Å². The van der Waals surface area contributed by atoms with Gasteiger partial charge >= 0.3 is 12.1 Å². The number of rotatable bonds is 3. The molecular weight excluding hydrogens is 303 g/mol. The second-order valence-corrected chi connectivity index (χ2v) is 4.02. The molecule has 20 heavy (non-hydrogen) atoms. The molecule has 0 bridgehead atoms. The Hall–Kier alpha value is -1.94. The number of nitrogens with two attached hydrogens (primary N) is 1. The first-order valence-electron chi connectivity index (χ1n) is 5.15. The summed E-state index contributed by atoms with van der Waals surface area (Å²) in [6, 6.07) is 0. The lowest BCUT2D eigenvalue weighted by Crippen LogP contribution is -2.37. The molecule has 0 saturated carbocycles. The SMILES string of the molecule is NC(Cn1ncc2cnc(Cl)nc21)OC(=O)C(F)(F)F. The molecule has 0 saturated heterocycles. The van der Waals surface area contributed by atoms with Gasteiger partial charge in [-0.15, -0.1) is 0 Å². The van der Waals surface area contributed by atoms with Crippen LogP contribution in [0.15, 0.2) is 12.4 Å². The lowest BCUT2D eigenvalue weighted by molar-refractivity contribution is -0.205. The Kier molecular flexibility index (Phi) is 3.77. The minimum atomic E-state index is -5.10. The topological polar surface area (TPSA) is 95.9 Å². The minimum absolute atomic E-state index is 0.0555. The minimum Gasteiger partial charge on any atom is -0.438 e. The lowest BCUT2D eigenvalue weighted by atomic mass is 10.4. The predicted octanol–water partition coefficient (Wildman–Crippen LogP) is 0.870. The number of carbonyl (C=O) groups excluding carboxylic acids is 1. The van der Waals surface area contributed by atoms with Crippen LogP contribution < -0.4 is 5.73 Å². The Morgan fingerprint density at radius 1 is 1.50 bits per heavy atom. The summed E-state index contributed by atoms with van der Waals surface area (Å²) in [5, 5.41) is 4.31. The van der Waals surface area contributed by atoms with E-state index < -0.39 is 18.4 Å². The maximum Gasteiger partial charge on any atom is 0.490 e. The van der Waals surface area contributed by atoms with Crippen LogP contribution in [0.25, 0.3) is 11.0 Å². The fraction of sp³-hybridized carbons (Fsp3) is 0.333. The molecule has 0 aliphatic heterocycles. The van der Waals surface area contributed by atoms with E-state index in [2.05, 4.69) is 19.8 Å². The van der Waals surface area contributed by atoms with Gasteiger partial charge in [0.15, 0.2) is 11.9 Å². The number of nitrogens with zero attached hydrogens (tertiary/aromatic N) is 4. The van der Waals surface area contributed by atoms with E-state index in [-0.39, 0.29) is 17.5 Å². The average Bonchev–Trinajstić information content (AvgIpc) is 2.70. The molecule has 1 atom stereocenters. The smallest absolute Gasteiger partial charge is 0.438 e. The molecule has 0 spiro atoms. The van der Waals surface area contributed by atoms with Crippen molar-refractivity contribution in [3.8, 4) is 0 Å². The Morgan fingerprint density at radius 3 is 2.85 bits per heavy atom. The number of hydrogen-bond donors (Lipinski definition) is 1. The quantitative estimate of drug-likeness (QED) is 0.513. The van der Waals surface area contributed by atoms with Crippen LogP contribution in [0.3, 0.4) is 0 Å². The van der Waals surface area contributed by atoms with Gasteiger partial charge in [0.25, 0.3) is 0 Å². The van der Waals surface area contributed by atoms with E-state index in [1.807, 2.05) is 0 Å². The van der Waals surface area contributed by atoms with Crippen LogP contribution in [0, 0.1) is 0 Å². The number of carbonyl (C=O) groups is 1. The first kappa shape index (κ1) is 14.5. The number of ether oxygens (including phenoxy) is 1. The molecular formula is C9H7ClF3N5O2. The summed E-state index contributed by atoms with van der Waals surface area (Å²) < 4.78 is 41.2. The van der Waals surface area contributed by atoms with E-state index in [1.54, 1.807) is 0 Å². The highest BCUT2D eigenvalue weighted by molar-refractivity contribution is 6.28. The van der Waals surface area contributed by atoms with Gasteiger partial charge in [-0.1, -0.05) is 0 Å². The summed E-state index contributed by atoms with van der Waals surface area (Å²) in [4.78, 5) is 18.2. The molecule has 0 radical (unpaired) electrons. The molecule has 11 heteroatoms. The monoisotopic (exact) mass is 309 g/mol. The van der Waals surface area contributed by atoms with Gasteiger partial charge in [0.2, 0.25) is 5.28 Å². The Morgan fingerprint density at radius 2 is 2.20 bits per heavy atom. The molecule has 0 fully saturated rings. The molecule has 0 aliphatic rings. The van der Waals surface area contributed by atoms with Crippen LogP contribution in [0.4, 0.5) is 13.2 Å². The van der Waals surface area contributed by atoms with Gasteiger partial charge in [-0.3, -0.25) is 5.73 Å². The fourth-order valence-electron chi connectivity index (χ4n) is 1.39. The van der Waals surface area contributed by atoms with Crippen molar-refractivity contribution >= 4 is 28.6 Å². The lowest BCUT2D eigenvalue weighted by Gasteiger charge is -2.14. The predicted molar refractivity (Wildman–Crippen MR) is 60.5 cm³/mol. The summed E-state index contributed by atoms with van der Waals surface area (Å²) in [5.74, 6) is -2.37. The van der Waals surface area contributed by atoms with E-state index in [0.29, 0.717) is 5.39 Å². The zero-order valence-corrected chi connectivity index (χ0v) is 10.4. The largest absolute Gasteiger partial charge is 0.490 e. The summed E-state index contributed by atoms with van der Waals surface area (Å²) in [6.07, 6.45) is -3.86. The molecule has 0 amide bonds. The molecule has 2 aromatic rings. The summed E-state index contributed by atoms with van der Waals surface area (Å²) in [5.41, 5.74) is 5.58. The van der Waals surface area contributed by atoms with Crippen molar-refractivity contribution < 1.29 is 22.7 Å². The van der Waals surface area contributed by atoms with E-state index in [9.17, 15) is 18.0 Å². The highest BCUT2D eigenvalue weighted by atomic mass is 35.5. The number of alkyl halides is 3. The summed E-state index contributed by atoms with van der Waals surface area (Å²) in [7, 11) is 0. The van der Waals surface area contributed by atoms with Crippen LogP contribution in [-0.2, 0) is 16.1 Å². The second kappa shape index (κ2) is 5.21. The Balaban J connectivity index is 2.12. The fourth-order valence-corrected chi connectivity index (χ4v) is 1.52. The van der Waals surface area contributed by atoms with Crippen molar-refractivity contribution in [3.05, 3.63) is 17.7 Å². The maximum absolute atomic E-state index is 12.0. The highest BCUT2D eigenvalue weighted by Crippen LogP contribution is 2.17. The maximum atomic E-state index is 12.0. The third-order valence-electron chi connectivity index (χ3n) is 2.19. The molecule has 2 rings (SSSR count). The van der Waals surface area contributed by atoms with Crippen LogP contribution in [0.1, 0.15) is 0 Å². The Bertz CT molecular complexity index is 644. The zero-order chi connectivity index (χ0) is 14.9. The molecule has 1 unspecified atom stereocenters. The van der Waals surface area contributed by atoms with Crippen molar-refractivity contribution in [1.82, 2.24) is 19.7 Å². The van der Waals surface area contributed by atoms with Gasteiger partial charge in [0.05, 0.1) is 18.1 Å². The van der Waals surface area contributed by atoms with E-state index >= 15 is 0 Å². The summed E-state index contributed by atoms with van der Waals surface area (Å²) >= 11 is 5.60. The van der Waals surface area contributed by atoms with Gasteiger partial charge in [-0.25, -0.2) is 14.5 Å². The van der Waals surface area contributed by atoms with E-state index in [4.69, 9.17) is 17.3 Å². The Labute approximate surface area is 114 Å². The number of hydrogen-bond acceptors (Lipinski definition) is 6. The number of fused-ring (bicyclic) bond motifs is 1. The van der Waals surface area contributed by atoms with Gasteiger partial charge in [0.1, 0.15) is 0 Å². The number of esters is 1. The molecule has 0 aromatic carbocycles. The molecule has 2 heterocycles. The second-order valence-electron chi connectivity index (χ2n) is 3.69. The highest BCUT2D eigenvalue weighted by Gasteiger charge is 2.42. The van der Waals surface area contributed by atoms with Crippen molar-refractivity contribution in [2.24, 2.45) is 5.73 Å². The van der Waals surface area contributed by atoms with Gasteiger partial charge in [-0.05, 0) is 11.6 Å². The number of halogens is 4. The zero-order valence-electron chi connectivity index (χ0n) is 9.63. The van der Waals surface area contributed by atoms with Crippen LogP contribution in [0.2, 0.25) is 5.28 Å². The van der Waals surface area contributed by atoms with Crippen molar-refractivity contribution in [2.75, 3.05) is 0 Å². The van der Waals surface area contributed by atoms with Crippen molar-refractivity contribution in [2.45, 2.75) is 18.9 Å². The van der Waals surface area contributed by atoms with Gasteiger partial charge < -0.3 is 4.74 Å². The third-order valence-corrected chi connectivity index (χ3v) is 2.37. The van der Waals surface area contributed by atoms with Gasteiger partial charge in [-0.2, -0.15) is 23.3 Å². The first-order valence-corrected chi connectivity index (χ1v) is 5.52. The van der Waals surface area contributed by atoms with E-state index in [1.165, 1.54) is 12.4 Å². The van der Waals surface area contributed by atoms with Crippen LogP contribution in [-0.4, -0.2) is 38.1 Å². The van der Waals surface area contributed by atoms with Crippen molar-refractivity contribution in [1.29, 1.82) is 0 Å². The molecule has 7 nitrogen and oxygen atoms in total. The number of aromatic nitrogens is 4.